The maximum absolute atomic E-state index is 12.0. The second-order valence-electron chi connectivity index (χ2n) is 6.15. The topological polar surface area (TPSA) is 20.3 Å². The summed E-state index contributed by atoms with van der Waals surface area (Å²) in [6.45, 7) is 8.22. The molecule has 1 fully saturated rings. The van der Waals surface area contributed by atoms with Crippen LogP contribution >= 0.6 is 0 Å². The van der Waals surface area contributed by atoms with Crippen LogP contribution in [0, 0.1) is 17.8 Å². The molecule has 2 aliphatic carbocycles. The number of carbonyl (C=O) groups is 1. The molecule has 2 heteroatoms. The maximum atomic E-state index is 12.0. The minimum absolute atomic E-state index is 0.340. The second-order valence-corrected chi connectivity index (χ2v) is 6.15. The van der Waals surface area contributed by atoms with Crippen LogP contribution in [0.1, 0.15) is 46.5 Å². The summed E-state index contributed by atoms with van der Waals surface area (Å²) in [6.07, 6.45) is 11.6. The average Bonchev–Trinajstić information content (AvgIpc) is 3.20. The zero-order valence-corrected chi connectivity index (χ0v) is 12.6. The second kappa shape index (κ2) is 6.40. The van der Waals surface area contributed by atoms with Crippen molar-refractivity contribution in [2.24, 2.45) is 17.8 Å². The first kappa shape index (κ1) is 14.4. The molecule has 2 rings (SSSR count). The molecule has 2 atom stereocenters. The van der Waals surface area contributed by atoms with Gasteiger partial charge in [-0.05, 0) is 51.4 Å². The van der Waals surface area contributed by atoms with Gasteiger partial charge in [0.25, 0.3) is 0 Å². The Balaban J connectivity index is 1.83. The largest absolute Gasteiger partial charge is 0.339 e. The molecule has 19 heavy (non-hydrogen) atoms. The summed E-state index contributed by atoms with van der Waals surface area (Å²) >= 11 is 0. The van der Waals surface area contributed by atoms with Crippen molar-refractivity contribution < 1.29 is 4.79 Å². The molecule has 0 bridgehead atoms. The zero-order chi connectivity index (χ0) is 13.8. The number of nitrogens with zero attached hydrogens (tertiary/aromatic N) is 1. The van der Waals surface area contributed by atoms with Crippen LogP contribution in [0.5, 0.6) is 0 Å². The fourth-order valence-electron chi connectivity index (χ4n) is 2.91. The van der Waals surface area contributed by atoms with Crippen LogP contribution in [0.25, 0.3) is 0 Å². The van der Waals surface area contributed by atoms with Crippen molar-refractivity contribution >= 4 is 5.91 Å². The number of hydrogen-bond acceptors (Lipinski definition) is 1. The Morgan fingerprint density at radius 3 is 2.74 bits per heavy atom. The highest BCUT2D eigenvalue weighted by molar-refractivity contribution is 5.81. The molecule has 0 aromatic rings. The summed E-state index contributed by atoms with van der Waals surface area (Å²) in [6, 6.07) is 0. The number of carbonyl (C=O) groups excluding carboxylic acids is 1. The summed E-state index contributed by atoms with van der Waals surface area (Å²) in [4.78, 5) is 14.0. The van der Waals surface area contributed by atoms with Crippen molar-refractivity contribution in [2.75, 3.05) is 13.1 Å². The van der Waals surface area contributed by atoms with Crippen molar-refractivity contribution in [2.45, 2.75) is 46.5 Å². The lowest BCUT2D eigenvalue weighted by Gasteiger charge is -2.25. The monoisotopic (exact) mass is 261 g/mol. The number of hydrogen-bond donors (Lipinski definition) is 0. The Morgan fingerprint density at radius 1 is 1.42 bits per heavy atom. The Hall–Kier alpha value is -1.05. The maximum Gasteiger partial charge on any atom is 0.225 e. The Morgan fingerprint density at radius 2 is 2.16 bits per heavy atom. The van der Waals surface area contributed by atoms with Gasteiger partial charge in [-0.1, -0.05) is 30.7 Å². The van der Waals surface area contributed by atoms with E-state index in [0.717, 1.165) is 25.9 Å². The molecule has 0 radical (unpaired) electrons. The van der Waals surface area contributed by atoms with Crippen LogP contribution < -0.4 is 0 Å². The summed E-state index contributed by atoms with van der Waals surface area (Å²) in [5.41, 5.74) is 1.52. The van der Waals surface area contributed by atoms with Gasteiger partial charge in [-0.2, -0.15) is 0 Å². The highest BCUT2D eigenvalue weighted by atomic mass is 16.2. The van der Waals surface area contributed by atoms with E-state index in [1.807, 2.05) is 4.90 Å². The number of likely N-dealkylation sites (N-methyl/N-ethyl adjacent to an activating group) is 1. The number of allylic oxidation sites excluding steroid dienone is 3. The molecule has 0 N–H and O–H groups in total. The van der Waals surface area contributed by atoms with Crippen molar-refractivity contribution in [1.82, 2.24) is 4.90 Å². The van der Waals surface area contributed by atoms with Crippen LogP contribution in [0.15, 0.2) is 23.8 Å². The molecule has 0 spiro atoms. The van der Waals surface area contributed by atoms with Crippen LogP contribution in [-0.2, 0) is 4.79 Å². The van der Waals surface area contributed by atoms with Gasteiger partial charge in [0, 0.05) is 19.0 Å². The summed E-state index contributed by atoms with van der Waals surface area (Å²) in [7, 11) is 0. The van der Waals surface area contributed by atoms with Gasteiger partial charge in [0.1, 0.15) is 0 Å². The standard InChI is InChI=1S/C17H27NO/c1-4-18(17(19)16-9-10-16)11-5-6-15-8-7-13(2)12-14(15)3/h5-6,12,14-16H,4,7-11H2,1-3H3/b6-5+. The van der Waals surface area contributed by atoms with E-state index in [2.05, 4.69) is 39.0 Å². The number of rotatable bonds is 5. The van der Waals surface area contributed by atoms with E-state index in [-0.39, 0.29) is 0 Å². The van der Waals surface area contributed by atoms with Gasteiger partial charge in [0.2, 0.25) is 5.91 Å². The van der Waals surface area contributed by atoms with Gasteiger partial charge < -0.3 is 4.90 Å². The van der Waals surface area contributed by atoms with Crippen LogP contribution in [0.4, 0.5) is 0 Å². The third-order valence-electron chi connectivity index (χ3n) is 4.42. The Labute approximate surface area is 117 Å². The number of amides is 1. The first-order valence-corrected chi connectivity index (χ1v) is 7.74. The molecule has 2 nitrogen and oxygen atoms in total. The molecule has 0 heterocycles. The van der Waals surface area contributed by atoms with E-state index in [4.69, 9.17) is 0 Å². The van der Waals surface area contributed by atoms with E-state index in [0.29, 0.717) is 23.7 Å². The summed E-state index contributed by atoms with van der Waals surface area (Å²) in [5, 5.41) is 0. The fourth-order valence-corrected chi connectivity index (χ4v) is 2.91. The van der Waals surface area contributed by atoms with E-state index in [1.165, 1.54) is 18.4 Å². The quantitative estimate of drug-likeness (QED) is 0.689. The molecule has 2 aliphatic rings. The first-order valence-electron chi connectivity index (χ1n) is 7.74. The Kier molecular flexibility index (Phi) is 4.84. The fraction of sp³-hybridized carbons (Fsp3) is 0.706. The molecular weight excluding hydrogens is 234 g/mol. The van der Waals surface area contributed by atoms with Crippen LogP contribution in [-0.4, -0.2) is 23.9 Å². The van der Waals surface area contributed by atoms with Gasteiger partial charge in [0.05, 0.1) is 0 Å². The molecule has 0 saturated heterocycles. The molecule has 106 valence electrons. The molecule has 1 amide bonds. The zero-order valence-electron chi connectivity index (χ0n) is 12.6. The minimum Gasteiger partial charge on any atom is -0.339 e. The highest BCUT2D eigenvalue weighted by Crippen LogP contribution is 2.31. The van der Waals surface area contributed by atoms with E-state index < -0.39 is 0 Å². The lowest BCUT2D eigenvalue weighted by molar-refractivity contribution is -0.131. The van der Waals surface area contributed by atoms with E-state index in [9.17, 15) is 4.79 Å². The van der Waals surface area contributed by atoms with Gasteiger partial charge in [-0.3, -0.25) is 4.79 Å². The molecule has 1 saturated carbocycles. The highest BCUT2D eigenvalue weighted by Gasteiger charge is 2.32. The predicted octanol–water partition coefficient (Wildman–Crippen LogP) is 3.79. The van der Waals surface area contributed by atoms with Crippen molar-refractivity contribution in [3.05, 3.63) is 23.8 Å². The van der Waals surface area contributed by atoms with E-state index >= 15 is 0 Å². The van der Waals surface area contributed by atoms with Gasteiger partial charge in [-0.25, -0.2) is 0 Å². The average molecular weight is 261 g/mol. The van der Waals surface area contributed by atoms with E-state index in [1.54, 1.807) is 0 Å². The van der Waals surface area contributed by atoms with Gasteiger partial charge >= 0.3 is 0 Å². The third-order valence-corrected chi connectivity index (χ3v) is 4.42. The minimum atomic E-state index is 0.340. The first-order chi connectivity index (χ1) is 9.11. The van der Waals surface area contributed by atoms with Crippen molar-refractivity contribution in [1.29, 1.82) is 0 Å². The predicted molar refractivity (Wildman–Crippen MR) is 79.8 cm³/mol. The molecule has 0 aromatic heterocycles. The lowest BCUT2D eigenvalue weighted by atomic mass is 9.82. The summed E-state index contributed by atoms with van der Waals surface area (Å²) in [5.74, 6) is 1.99. The normalized spacial score (nSPS) is 27.4. The van der Waals surface area contributed by atoms with Crippen LogP contribution in [0.2, 0.25) is 0 Å². The molecule has 0 aromatic carbocycles. The molecule has 0 aliphatic heterocycles. The smallest absolute Gasteiger partial charge is 0.225 e. The molecular formula is C17H27NO. The van der Waals surface area contributed by atoms with Crippen molar-refractivity contribution in [3.8, 4) is 0 Å². The SMILES string of the molecule is CCN(C/C=C/C1CCC(C)=CC1C)C(=O)C1CC1. The van der Waals surface area contributed by atoms with Crippen molar-refractivity contribution in [3.63, 3.8) is 0 Å². The van der Waals surface area contributed by atoms with Gasteiger partial charge in [0.15, 0.2) is 0 Å². The third kappa shape index (κ3) is 3.95. The lowest BCUT2D eigenvalue weighted by Crippen LogP contribution is -2.32. The van der Waals surface area contributed by atoms with Crippen LogP contribution in [0.3, 0.4) is 0 Å². The Bertz CT molecular complexity index is 379. The van der Waals surface area contributed by atoms with Gasteiger partial charge in [-0.15, -0.1) is 0 Å². The summed E-state index contributed by atoms with van der Waals surface area (Å²) < 4.78 is 0. The molecule has 2 unspecified atom stereocenters.